The molecular weight excluding hydrogens is 399 g/mol. The van der Waals surface area contributed by atoms with Gasteiger partial charge in [-0.1, -0.05) is 0 Å². The van der Waals surface area contributed by atoms with Crippen LogP contribution in [-0.4, -0.2) is 41.0 Å². The first-order valence-corrected chi connectivity index (χ1v) is 8.38. The van der Waals surface area contributed by atoms with Gasteiger partial charge >= 0.3 is 0 Å². The Balaban J connectivity index is 0.00000182. The molecule has 9 heteroatoms. The molecule has 1 amide bonds. The van der Waals surface area contributed by atoms with Crippen LogP contribution in [-0.2, 0) is 11.2 Å². The molecule has 2 atom stereocenters. The second-order valence-electron chi connectivity index (χ2n) is 6.31. The lowest BCUT2D eigenvalue weighted by Crippen LogP contribution is -2.57. The van der Waals surface area contributed by atoms with Crippen molar-refractivity contribution in [2.45, 2.75) is 38.8 Å². The average Bonchev–Trinajstić information content (AvgIpc) is 3.04. The van der Waals surface area contributed by atoms with Gasteiger partial charge in [0.15, 0.2) is 11.7 Å². The van der Waals surface area contributed by atoms with Crippen molar-refractivity contribution >= 4 is 30.7 Å². The normalized spacial score (nSPS) is 19.2. The molecule has 1 aromatic heterocycles. The van der Waals surface area contributed by atoms with Crippen LogP contribution in [0.1, 0.15) is 26.2 Å². The maximum atomic E-state index is 13.8. The van der Waals surface area contributed by atoms with Gasteiger partial charge in [0.05, 0.1) is 11.8 Å². The summed E-state index contributed by atoms with van der Waals surface area (Å²) in [6.07, 6.45) is 2.02. The highest BCUT2D eigenvalue weighted by Gasteiger charge is 2.27. The van der Waals surface area contributed by atoms with Crippen molar-refractivity contribution in [1.82, 2.24) is 15.2 Å². The second kappa shape index (κ2) is 10.0. The Morgan fingerprint density at radius 1 is 1.33 bits per heavy atom. The zero-order chi connectivity index (χ0) is 18.0. The predicted molar refractivity (Wildman–Crippen MR) is 103 cm³/mol. The van der Waals surface area contributed by atoms with E-state index in [2.05, 4.69) is 17.2 Å². The van der Waals surface area contributed by atoms with Crippen LogP contribution in [0.5, 0.6) is 0 Å². The summed E-state index contributed by atoms with van der Waals surface area (Å²) in [5.41, 5.74) is 0.149. The van der Waals surface area contributed by atoms with Crippen LogP contribution < -0.4 is 5.32 Å². The highest BCUT2D eigenvalue weighted by Crippen LogP contribution is 2.24. The molecule has 5 nitrogen and oxygen atoms in total. The van der Waals surface area contributed by atoms with Gasteiger partial charge in [0.2, 0.25) is 5.91 Å². The van der Waals surface area contributed by atoms with Gasteiger partial charge in [-0.25, -0.2) is 13.8 Å². The molecule has 3 rings (SSSR count). The third kappa shape index (κ3) is 5.40. The Labute approximate surface area is 169 Å². The van der Waals surface area contributed by atoms with Crippen LogP contribution >= 0.6 is 24.8 Å². The number of carbonyl (C=O) groups is 1. The lowest BCUT2D eigenvalue weighted by Gasteiger charge is -2.38. The van der Waals surface area contributed by atoms with Crippen molar-refractivity contribution in [3.8, 4) is 11.3 Å². The van der Waals surface area contributed by atoms with E-state index in [0.29, 0.717) is 18.9 Å². The van der Waals surface area contributed by atoms with Crippen LogP contribution in [0.25, 0.3) is 11.3 Å². The van der Waals surface area contributed by atoms with Gasteiger partial charge in [0, 0.05) is 44.1 Å². The SMILES string of the molecule is CC1NCCN(C(=O)CCc2ncc(-c3ccc(F)cc3F)o2)C1C.Cl.Cl. The summed E-state index contributed by atoms with van der Waals surface area (Å²) in [5, 5.41) is 3.33. The molecule has 27 heavy (non-hydrogen) atoms. The number of benzene rings is 1. The molecule has 0 radical (unpaired) electrons. The van der Waals surface area contributed by atoms with Crippen molar-refractivity contribution in [3.63, 3.8) is 0 Å². The highest BCUT2D eigenvalue weighted by atomic mass is 35.5. The van der Waals surface area contributed by atoms with Crippen molar-refractivity contribution in [3.05, 3.63) is 41.9 Å². The molecule has 1 aliphatic heterocycles. The zero-order valence-electron chi connectivity index (χ0n) is 15.1. The topological polar surface area (TPSA) is 58.4 Å². The van der Waals surface area contributed by atoms with Gasteiger partial charge in [0.25, 0.3) is 0 Å². The fourth-order valence-corrected chi connectivity index (χ4v) is 3.01. The summed E-state index contributed by atoms with van der Waals surface area (Å²) < 4.78 is 32.3. The minimum Gasteiger partial charge on any atom is -0.441 e. The highest BCUT2D eigenvalue weighted by molar-refractivity contribution is 5.85. The standard InChI is InChI=1S/C18H21F2N3O2.2ClH/c1-11-12(2)23(8-7-21-11)18(24)6-5-17-22-10-16(25-17)14-4-3-13(19)9-15(14)20;;/h3-4,9-12,21H,5-8H2,1-2H3;2*1H. The zero-order valence-corrected chi connectivity index (χ0v) is 16.7. The number of halogens is 4. The fraction of sp³-hybridized carbons (Fsp3) is 0.444. The van der Waals surface area contributed by atoms with Gasteiger partial charge in [-0.05, 0) is 26.0 Å². The number of piperazine rings is 1. The molecule has 2 aromatic rings. The Morgan fingerprint density at radius 2 is 2.07 bits per heavy atom. The number of aromatic nitrogens is 1. The molecule has 1 aromatic carbocycles. The van der Waals surface area contributed by atoms with Crippen LogP contribution in [0.3, 0.4) is 0 Å². The second-order valence-corrected chi connectivity index (χ2v) is 6.31. The first-order valence-electron chi connectivity index (χ1n) is 8.38. The minimum atomic E-state index is -0.706. The van der Waals surface area contributed by atoms with E-state index < -0.39 is 11.6 Å². The lowest BCUT2D eigenvalue weighted by atomic mass is 10.1. The van der Waals surface area contributed by atoms with E-state index in [0.717, 1.165) is 18.7 Å². The average molecular weight is 422 g/mol. The van der Waals surface area contributed by atoms with Crippen LogP contribution in [0.4, 0.5) is 8.78 Å². The molecule has 0 spiro atoms. The van der Waals surface area contributed by atoms with Gasteiger partial charge in [-0.3, -0.25) is 4.79 Å². The Morgan fingerprint density at radius 3 is 2.78 bits per heavy atom. The maximum Gasteiger partial charge on any atom is 0.223 e. The Kier molecular flexibility index (Phi) is 8.65. The largest absolute Gasteiger partial charge is 0.441 e. The van der Waals surface area contributed by atoms with Gasteiger partial charge < -0.3 is 14.6 Å². The van der Waals surface area contributed by atoms with Crippen LogP contribution in [0.2, 0.25) is 0 Å². The molecule has 1 aliphatic rings. The monoisotopic (exact) mass is 421 g/mol. The van der Waals surface area contributed by atoms with E-state index in [9.17, 15) is 13.6 Å². The van der Waals surface area contributed by atoms with Crippen molar-refractivity contribution in [2.75, 3.05) is 13.1 Å². The number of hydrogen-bond acceptors (Lipinski definition) is 4. The molecule has 0 saturated carbocycles. The summed E-state index contributed by atoms with van der Waals surface area (Å²) in [7, 11) is 0. The quantitative estimate of drug-likeness (QED) is 0.818. The minimum absolute atomic E-state index is 0. The van der Waals surface area contributed by atoms with Crippen molar-refractivity contribution in [2.24, 2.45) is 0 Å². The summed E-state index contributed by atoms with van der Waals surface area (Å²) in [4.78, 5) is 18.4. The van der Waals surface area contributed by atoms with E-state index >= 15 is 0 Å². The number of rotatable bonds is 4. The van der Waals surface area contributed by atoms with Crippen molar-refractivity contribution in [1.29, 1.82) is 0 Å². The van der Waals surface area contributed by atoms with E-state index in [1.165, 1.54) is 12.3 Å². The van der Waals surface area contributed by atoms with Crippen LogP contribution in [0, 0.1) is 11.6 Å². The number of hydrogen-bond donors (Lipinski definition) is 1. The van der Waals surface area contributed by atoms with Gasteiger partial charge in [-0.2, -0.15) is 0 Å². The predicted octanol–water partition coefficient (Wildman–Crippen LogP) is 3.60. The summed E-state index contributed by atoms with van der Waals surface area (Å²) in [5.74, 6) is -0.714. The smallest absolute Gasteiger partial charge is 0.223 e. The van der Waals surface area contributed by atoms with E-state index in [-0.39, 0.29) is 60.5 Å². The molecular formula is C18H23Cl2F2N3O2. The molecule has 1 N–H and O–H groups in total. The maximum absolute atomic E-state index is 13.8. The fourth-order valence-electron chi connectivity index (χ4n) is 3.01. The number of nitrogens with one attached hydrogen (secondary N) is 1. The lowest BCUT2D eigenvalue weighted by molar-refractivity contribution is -0.134. The number of amides is 1. The molecule has 2 unspecified atom stereocenters. The Hall–Kier alpha value is -1.70. The molecule has 150 valence electrons. The van der Waals surface area contributed by atoms with Gasteiger partial charge in [0.1, 0.15) is 11.6 Å². The first kappa shape index (κ1) is 23.3. The third-order valence-corrected chi connectivity index (χ3v) is 4.66. The van der Waals surface area contributed by atoms with E-state index in [1.54, 1.807) is 0 Å². The Bertz CT molecular complexity index is 773. The number of aryl methyl sites for hydroxylation is 1. The molecule has 1 saturated heterocycles. The summed E-state index contributed by atoms with van der Waals surface area (Å²) in [6, 6.07) is 3.66. The molecule has 0 aliphatic carbocycles. The summed E-state index contributed by atoms with van der Waals surface area (Å²) >= 11 is 0. The van der Waals surface area contributed by atoms with E-state index in [4.69, 9.17) is 4.42 Å². The molecule has 1 fully saturated rings. The number of nitrogens with zero attached hydrogens (tertiary/aromatic N) is 2. The number of oxazole rings is 1. The third-order valence-electron chi connectivity index (χ3n) is 4.66. The molecule has 2 heterocycles. The van der Waals surface area contributed by atoms with Crippen molar-refractivity contribution < 1.29 is 18.0 Å². The molecule has 0 bridgehead atoms. The van der Waals surface area contributed by atoms with E-state index in [1.807, 2.05) is 11.8 Å². The van der Waals surface area contributed by atoms with Gasteiger partial charge in [-0.15, -0.1) is 24.8 Å². The first-order chi connectivity index (χ1) is 12.0. The summed E-state index contributed by atoms with van der Waals surface area (Å²) in [6.45, 7) is 5.54. The van der Waals surface area contributed by atoms with Crippen LogP contribution in [0.15, 0.2) is 28.8 Å². The number of carbonyl (C=O) groups excluding carboxylic acids is 1.